The van der Waals surface area contributed by atoms with E-state index in [1.807, 2.05) is 60.7 Å². The van der Waals surface area contributed by atoms with Gasteiger partial charge < -0.3 is 15.2 Å². The molecule has 166 valence electrons. The topological polar surface area (TPSA) is 64.8 Å². The maximum atomic E-state index is 12.7. The van der Waals surface area contributed by atoms with Crippen LogP contribution in [0.5, 0.6) is 0 Å². The summed E-state index contributed by atoms with van der Waals surface area (Å²) in [7, 11) is 0. The molecule has 2 fully saturated rings. The number of benzene rings is 2. The van der Waals surface area contributed by atoms with Crippen LogP contribution in [0.25, 0.3) is 0 Å². The number of fused-ring (bicyclic) bond motifs is 1. The molecule has 32 heavy (non-hydrogen) atoms. The van der Waals surface area contributed by atoms with Crippen LogP contribution >= 0.6 is 24.0 Å². The minimum atomic E-state index is -0.485. The second kappa shape index (κ2) is 9.35. The summed E-state index contributed by atoms with van der Waals surface area (Å²) in [6, 6.07) is 19.6. The summed E-state index contributed by atoms with van der Waals surface area (Å²) in [6.07, 6.45) is 2.67. The normalized spacial score (nSPS) is 25.0. The van der Waals surface area contributed by atoms with Gasteiger partial charge in [0.1, 0.15) is 17.5 Å². The summed E-state index contributed by atoms with van der Waals surface area (Å²) in [5.41, 5.74) is 9.95. The maximum absolute atomic E-state index is 12.7. The van der Waals surface area contributed by atoms with Gasteiger partial charge in [0, 0.05) is 12.4 Å². The Morgan fingerprint density at radius 3 is 2.41 bits per heavy atom. The molecule has 7 heteroatoms. The van der Waals surface area contributed by atoms with Gasteiger partial charge in [-0.2, -0.15) is 0 Å². The predicted molar refractivity (Wildman–Crippen MR) is 130 cm³/mol. The summed E-state index contributed by atoms with van der Waals surface area (Å²) in [5.74, 6) is 0.686. The fraction of sp³-hybridized carbons (Fsp3) is 0.360. The van der Waals surface area contributed by atoms with E-state index >= 15 is 0 Å². The van der Waals surface area contributed by atoms with E-state index in [1.165, 1.54) is 0 Å². The minimum absolute atomic E-state index is 0.0841. The molecule has 0 bridgehead atoms. The second-order valence-electron chi connectivity index (χ2n) is 8.33. The number of carbonyl (C=O) groups is 1. The first-order chi connectivity index (χ1) is 15.6. The fourth-order valence-corrected chi connectivity index (χ4v) is 6.20. The molecule has 2 N–H and O–H groups in total. The van der Waals surface area contributed by atoms with E-state index in [1.54, 1.807) is 16.7 Å². The molecule has 2 aromatic carbocycles. The number of nitrogens with two attached hydrogens (primary N) is 1. The van der Waals surface area contributed by atoms with Crippen LogP contribution in [0.2, 0.25) is 0 Å². The second-order valence-corrected chi connectivity index (χ2v) is 9.81. The van der Waals surface area contributed by atoms with Crippen molar-refractivity contribution in [3.8, 4) is 0 Å². The monoisotopic (exact) mass is 466 g/mol. The molecule has 3 aliphatic heterocycles. The first-order valence-electron chi connectivity index (χ1n) is 11.0. The average Bonchev–Trinajstić information content (AvgIpc) is 3.36. The highest BCUT2D eigenvalue weighted by atomic mass is 32.2. The molecular formula is C25H26N2O3S2. The van der Waals surface area contributed by atoms with Gasteiger partial charge in [-0.3, -0.25) is 9.69 Å². The van der Waals surface area contributed by atoms with E-state index < -0.39 is 6.04 Å². The van der Waals surface area contributed by atoms with E-state index in [-0.39, 0.29) is 23.5 Å². The van der Waals surface area contributed by atoms with Crippen LogP contribution in [0.3, 0.4) is 0 Å². The molecule has 2 saturated heterocycles. The Bertz CT molecular complexity index is 982. The van der Waals surface area contributed by atoms with Crippen LogP contribution in [0.1, 0.15) is 36.5 Å². The van der Waals surface area contributed by atoms with Gasteiger partial charge in [0.25, 0.3) is 0 Å². The molecule has 2 unspecified atom stereocenters. The quantitative estimate of drug-likeness (QED) is 0.509. The molecular weight excluding hydrogens is 440 g/mol. The van der Waals surface area contributed by atoms with Crippen molar-refractivity contribution in [1.29, 1.82) is 0 Å². The zero-order valence-corrected chi connectivity index (χ0v) is 19.3. The van der Waals surface area contributed by atoms with Crippen molar-refractivity contribution < 1.29 is 14.3 Å². The highest BCUT2D eigenvalue weighted by Crippen LogP contribution is 2.42. The van der Waals surface area contributed by atoms with E-state index in [0.29, 0.717) is 5.05 Å². The van der Waals surface area contributed by atoms with Crippen molar-refractivity contribution in [2.45, 2.75) is 42.9 Å². The van der Waals surface area contributed by atoms with E-state index in [9.17, 15) is 4.79 Å². The number of β-lactam (4-membered cyclic amide) rings is 1. The third kappa shape index (κ3) is 4.10. The molecule has 0 saturated carbocycles. The molecule has 1 amide bonds. The molecule has 3 aliphatic rings. The number of amides is 1. The summed E-state index contributed by atoms with van der Waals surface area (Å²) in [5, 5.41) is 0.264. The summed E-state index contributed by atoms with van der Waals surface area (Å²) in [6.45, 7) is 0.793. The SMILES string of the molecule is NC1C(=O)N2C(C(=S)OC(c3ccccc3)c3ccccc3)=C(CC3CCCO3)CS[C@H]12. The van der Waals surface area contributed by atoms with Gasteiger partial charge in [0.15, 0.2) is 0 Å². The lowest BCUT2D eigenvalue weighted by Gasteiger charge is -2.49. The van der Waals surface area contributed by atoms with Gasteiger partial charge in [-0.05, 0) is 48.2 Å². The van der Waals surface area contributed by atoms with Crippen molar-refractivity contribution in [1.82, 2.24) is 4.90 Å². The lowest BCUT2D eigenvalue weighted by atomic mass is 9.99. The largest absolute Gasteiger partial charge is 0.469 e. The number of rotatable bonds is 6. The maximum Gasteiger partial charge on any atom is 0.248 e. The van der Waals surface area contributed by atoms with Gasteiger partial charge >= 0.3 is 0 Å². The summed E-state index contributed by atoms with van der Waals surface area (Å²) < 4.78 is 12.4. The number of thioether (sulfide) groups is 1. The van der Waals surface area contributed by atoms with Crippen LogP contribution in [-0.4, -0.2) is 45.7 Å². The number of hydrogen-bond donors (Lipinski definition) is 1. The van der Waals surface area contributed by atoms with Gasteiger partial charge in [-0.25, -0.2) is 0 Å². The highest BCUT2D eigenvalue weighted by Gasteiger charge is 2.51. The van der Waals surface area contributed by atoms with Crippen molar-refractivity contribution in [3.63, 3.8) is 0 Å². The lowest BCUT2D eigenvalue weighted by Crippen LogP contribution is -2.68. The molecule has 0 aromatic heterocycles. The predicted octanol–water partition coefficient (Wildman–Crippen LogP) is 4.19. The van der Waals surface area contributed by atoms with Gasteiger partial charge in [-0.15, -0.1) is 11.8 Å². The van der Waals surface area contributed by atoms with E-state index in [0.717, 1.165) is 54.0 Å². The molecule has 3 heterocycles. The van der Waals surface area contributed by atoms with Gasteiger partial charge in [0.05, 0.1) is 11.8 Å². The van der Waals surface area contributed by atoms with Crippen molar-refractivity contribution in [2.24, 2.45) is 5.73 Å². The van der Waals surface area contributed by atoms with Crippen LogP contribution in [-0.2, 0) is 14.3 Å². The lowest BCUT2D eigenvalue weighted by molar-refractivity contribution is -0.141. The number of thiocarbonyl (C=S) groups is 1. The molecule has 0 radical (unpaired) electrons. The van der Waals surface area contributed by atoms with Crippen molar-refractivity contribution in [3.05, 3.63) is 83.1 Å². The van der Waals surface area contributed by atoms with E-state index in [4.69, 9.17) is 27.4 Å². The molecule has 5 rings (SSSR count). The van der Waals surface area contributed by atoms with Gasteiger partial charge in [0.2, 0.25) is 11.0 Å². The zero-order valence-electron chi connectivity index (χ0n) is 17.7. The third-order valence-electron chi connectivity index (χ3n) is 6.21. The van der Waals surface area contributed by atoms with Gasteiger partial charge in [-0.1, -0.05) is 60.7 Å². The zero-order chi connectivity index (χ0) is 22.1. The number of nitrogens with zero attached hydrogens (tertiary/aromatic N) is 1. The number of hydrogen-bond acceptors (Lipinski definition) is 6. The Kier molecular flexibility index (Phi) is 6.33. The Labute approximate surface area is 197 Å². The molecule has 0 aliphatic carbocycles. The summed E-state index contributed by atoms with van der Waals surface area (Å²) >= 11 is 7.56. The van der Waals surface area contributed by atoms with Crippen molar-refractivity contribution in [2.75, 3.05) is 12.4 Å². The van der Waals surface area contributed by atoms with Crippen LogP contribution in [0.15, 0.2) is 71.9 Å². The third-order valence-corrected chi connectivity index (χ3v) is 7.86. The smallest absolute Gasteiger partial charge is 0.248 e. The van der Waals surface area contributed by atoms with Crippen LogP contribution in [0, 0.1) is 0 Å². The highest BCUT2D eigenvalue weighted by molar-refractivity contribution is 8.00. The molecule has 2 aromatic rings. The Morgan fingerprint density at radius 2 is 1.81 bits per heavy atom. The molecule has 5 nitrogen and oxygen atoms in total. The standard InChI is InChI=1S/C25H26N2O3S2/c26-20-23(28)27-21(18(15-32-24(20)27)14-19-12-7-13-29-19)25(31)30-22(16-8-3-1-4-9-16)17-10-5-2-6-11-17/h1-6,8-11,19-20,22,24H,7,12-15,26H2/t19?,20?,24-/m1/s1. The fourth-order valence-electron chi connectivity index (χ4n) is 4.55. The summed E-state index contributed by atoms with van der Waals surface area (Å²) in [4.78, 5) is 14.5. The Morgan fingerprint density at radius 1 is 1.16 bits per heavy atom. The Hall–Kier alpha value is -2.19. The first kappa shape index (κ1) is 21.6. The average molecular weight is 467 g/mol. The first-order valence-corrected chi connectivity index (χ1v) is 12.4. The Balaban J connectivity index is 1.48. The van der Waals surface area contributed by atoms with Crippen LogP contribution < -0.4 is 5.73 Å². The van der Waals surface area contributed by atoms with E-state index in [2.05, 4.69) is 0 Å². The minimum Gasteiger partial charge on any atom is -0.469 e. The molecule has 0 spiro atoms. The number of carbonyl (C=O) groups excluding carboxylic acids is 1. The number of ether oxygens (including phenoxy) is 2. The molecule has 3 atom stereocenters. The van der Waals surface area contributed by atoms with Crippen LogP contribution in [0.4, 0.5) is 0 Å². The van der Waals surface area contributed by atoms with Crippen molar-refractivity contribution >= 4 is 34.9 Å².